The van der Waals surface area contributed by atoms with E-state index in [1.807, 2.05) is 12.1 Å². The van der Waals surface area contributed by atoms with E-state index in [0.717, 1.165) is 5.39 Å². The van der Waals surface area contributed by atoms with Crippen LogP contribution in [-0.4, -0.2) is 16.2 Å². The standard InChI is InChI=1S/C12H7NO2S/c14-12(15)10-5-6-11(13-7-16)9-4-2-1-3-8(9)10/h1-6H,(H,14,15). The molecule has 0 saturated carbocycles. The fourth-order valence-electron chi connectivity index (χ4n) is 1.62. The lowest BCUT2D eigenvalue weighted by molar-refractivity contribution is 0.0699. The summed E-state index contributed by atoms with van der Waals surface area (Å²) in [5, 5.41) is 12.7. The molecule has 0 heterocycles. The first-order chi connectivity index (χ1) is 7.74. The second-order valence-electron chi connectivity index (χ2n) is 3.19. The molecule has 2 rings (SSSR count). The van der Waals surface area contributed by atoms with E-state index in [9.17, 15) is 4.79 Å². The zero-order valence-electron chi connectivity index (χ0n) is 8.18. The normalized spacial score (nSPS) is 9.75. The quantitative estimate of drug-likeness (QED) is 0.635. The van der Waals surface area contributed by atoms with Crippen LogP contribution in [0.4, 0.5) is 5.69 Å². The van der Waals surface area contributed by atoms with Crippen molar-refractivity contribution in [2.45, 2.75) is 0 Å². The van der Waals surface area contributed by atoms with Gasteiger partial charge in [0.2, 0.25) is 0 Å². The van der Waals surface area contributed by atoms with E-state index < -0.39 is 5.97 Å². The highest BCUT2D eigenvalue weighted by Gasteiger charge is 2.09. The summed E-state index contributed by atoms with van der Waals surface area (Å²) in [7, 11) is 0. The molecular formula is C12H7NO2S. The van der Waals surface area contributed by atoms with Crippen LogP contribution in [0.3, 0.4) is 0 Å². The van der Waals surface area contributed by atoms with Crippen LogP contribution in [-0.2, 0) is 0 Å². The number of nitrogens with zero attached hydrogens (tertiary/aromatic N) is 1. The third-order valence-corrected chi connectivity index (χ3v) is 2.39. The van der Waals surface area contributed by atoms with Crippen LogP contribution in [0.1, 0.15) is 10.4 Å². The van der Waals surface area contributed by atoms with Crippen LogP contribution in [0, 0.1) is 0 Å². The average Bonchev–Trinajstić information content (AvgIpc) is 2.29. The number of aliphatic imine (C=N–C) groups is 1. The number of hydrogen-bond acceptors (Lipinski definition) is 3. The van der Waals surface area contributed by atoms with Crippen molar-refractivity contribution in [2.24, 2.45) is 4.99 Å². The first kappa shape index (κ1) is 10.5. The fourth-order valence-corrected chi connectivity index (χ4v) is 1.71. The zero-order chi connectivity index (χ0) is 11.5. The van der Waals surface area contributed by atoms with Crippen LogP contribution in [0.5, 0.6) is 0 Å². The van der Waals surface area contributed by atoms with Crippen molar-refractivity contribution in [2.75, 3.05) is 0 Å². The molecule has 0 saturated heterocycles. The molecule has 0 unspecified atom stereocenters. The summed E-state index contributed by atoms with van der Waals surface area (Å²) in [5.74, 6) is -0.950. The van der Waals surface area contributed by atoms with Gasteiger partial charge in [-0.3, -0.25) is 0 Å². The summed E-state index contributed by atoms with van der Waals surface area (Å²) in [5.41, 5.74) is 0.898. The number of carbonyl (C=O) groups is 1. The maximum atomic E-state index is 11.0. The Morgan fingerprint density at radius 1 is 1.19 bits per heavy atom. The molecule has 0 bridgehead atoms. The third kappa shape index (κ3) is 1.72. The van der Waals surface area contributed by atoms with Crippen LogP contribution in [0.25, 0.3) is 10.8 Å². The number of fused-ring (bicyclic) bond motifs is 1. The summed E-state index contributed by atoms with van der Waals surface area (Å²) in [6.45, 7) is 0. The van der Waals surface area contributed by atoms with E-state index in [0.29, 0.717) is 11.1 Å². The van der Waals surface area contributed by atoms with Crippen molar-refractivity contribution in [3.8, 4) is 0 Å². The highest BCUT2D eigenvalue weighted by Crippen LogP contribution is 2.28. The smallest absolute Gasteiger partial charge is 0.336 e. The molecule has 16 heavy (non-hydrogen) atoms. The minimum absolute atomic E-state index is 0.263. The largest absolute Gasteiger partial charge is 0.478 e. The van der Waals surface area contributed by atoms with Gasteiger partial charge >= 0.3 is 5.97 Å². The second-order valence-corrected chi connectivity index (χ2v) is 3.37. The van der Waals surface area contributed by atoms with Crippen molar-refractivity contribution < 1.29 is 9.90 Å². The molecule has 4 heteroatoms. The van der Waals surface area contributed by atoms with Gasteiger partial charge in [0.25, 0.3) is 0 Å². The van der Waals surface area contributed by atoms with Gasteiger partial charge in [0.15, 0.2) is 0 Å². The molecule has 3 nitrogen and oxygen atoms in total. The Balaban J connectivity index is 2.87. The predicted molar refractivity (Wildman–Crippen MR) is 65.6 cm³/mol. The number of hydrogen-bond donors (Lipinski definition) is 1. The maximum Gasteiger partial charge on any atom is 0.336 e. The SMILES string of the molecule is O=C(O)c1ccc(N=C=S)c2ccccc12. The number of isothiocyanates is 1. The van der Waals surface area contributed by atoms with Crippen molar-refractivity contribution >= 4 is 39.8 Å². The zero-order valence-corrected chi connectivity index (χ0v) is 8.99. The number of rotatable bonds is 2. The van der Waals surface area contributed by atoms with Crippen molar-refractivity contribution in [1.29, 1.82) is 0 Å². The lowest BCUT2D eigenvalue weighted by Gasteiger charge is -2.04. The lowest BCUT2D eigenvalue weighted by atomic mass is 10.0. The van der Waals surface area contributed by atoms with E-state index >= 15 is 0 Å². The van der Waals surface area contributed by atoms with E-state index in [2.05, 4.69) is 22.4 Å². The number of aromatic carboxylic acids is 1. The maximum absolute atomic E-state index is 11.0. The van der Waals surface area contributed by atoms with Gasteiger partial charge in [0.05, 0.1) is 16.4 Å². The topological polar surface area (TPSA) is 49.7 Å². The Kier molecular flexibility index (Phi) is 2.77. The Hall–Kier alpha value is -2.03. The monoisotopic (exact) mass is 229 g/mol. The highest BCUT2D eigenvalue weighted by molar-refractivity contribution is 7.78. The predicted octanol–water partition coefficient (Wildman–Crippen LogP) is 3.27. The molecule has 0 aliphatic carbocycles. The highest BCUT2D eigenvalue weighted by atomic mass is 32.1. The van der Waals surface area contributed by atoms with Crippen molar-refractivity contribution in [3.05, 3.63) is 42.0 Å². The van der Waals surface area contributed by atoms with Gasteiger partial charge in [0.1, 0.15) is 0 Å². The fraction of sp³-hybridized carbons (Fsp3) is 0. The second kappa shape index (κ2) is 4.23. The molecule has 0 radical (unpaired) electrons. The molecule has 1 N–H and O–H groups in total. The molecule has 78 valence electrons. The molecule has 0 spiro atoms. The van der Waals surface area contributed by atoms with E-state index in [1.54, 1.807) is 18.2 Å². The molecule has 0 atom stereocenters. The number of carboxylic acids is 1. The van der Waals surface area contributed by atoms with Gasteiger partial charge in [-0.15, -0.1) is 0 Å². The Morgan fingerprint density at radius 2 is 1.88 bits per heavy atom. The molecule has 0 aliphatic heterocycles. The summed E-state index contributed by atoms with van der Waals surface area (Å²) < 4.78 is 0. The number of thiocarbonyl (C=S) groups is 1. The van der Waals surface area contributed by atoms with Crippen LogP contribution >= 0.6 is 12.2 Å². The Labute approximate surface area is 97.1 Å². The van der Waals surface area contributed by atoms with Gasteiger partial charge < -0.3 is 5.11 Å². The van der Waals surface area contributed by atoms with Crippen molar-refractivity contribution in [1.82, 2.24) is 0 Å². The number of carboxylic acid groups (broad SMARTS) is 1. The van der Waals surface area contributed by atoms with Gasteiger partial charge in [0, 0.05) is 5.39 Å². The first-order valence-electron chi connectivity index (χ1n) is 4.57. The molecule has 0 aromatic heterocycles. The summed E-state index contributed by atoms with van der Waals surface area (Å²) >= 11 is 4.55. The average molecular weight is 229 g/mol. The van der Waals surface area contributed by atoms with Gasteiger partial charge in [-0.1, -0.05) is 24.3 Å². The summed E-state index contributed by atoms with van der Waals surface area (Å²) in [4.78, 5) is 14.9. The van der Waals surface area contributed by atoms with E-state index in [-0.39, 0.29) is 5.56 Å². The minimum Gasteiger partial charge on any atom is -0.478 e. The van der Waals surface area contributed by atoms with Gasteiger partial charge in [-0.05, 0) is 29.7 Å². The number of benzene rings is 2. The molecule has 0 amide bonds. The molecule has 0 aliphatic rings. The molecule has 0 fully saturated rings. The first-order valence-corrected chi connectivity index (χ1v) is 4.98. The summed E-state index contributed by atoms with van der Waals surface area (Å²) in [6, 6.07) is 10.3. The molecular weight excluding hydrogens is 222 g/mol. The third-order valence-electron chi connectivity index (χ3n) is 2.30. The van der Waals surface area contributed by atoms with Gasteiger partial charge in [-0.25, -0.2) is 4.79 Å². The molecule has 2 aromatic rings. The Bertz CT molecular complexity index is 575. The molecule has 2 aromatic carbocycles. The van der Waals surface area contributed by atoms with Crippen molar-refractivity contribution in [3.63, 3.8) is 0 Å². The Morgan fingerprint density at radius 3 is 2.50 bits per heavy atom. The van der Waals surface area contributed by atoms with Crippen LogP contribution < -0.4 is 0 Å². The summed E-state index contributed by atoms with van der Waals surface area (Å²) in [6.07, 6.45) is 0. The van der Waals surface area contributed by atoms with E-state index in [1.165, 1.54) is 6.07 Å². The van der Waals surface area contributed by atoms with E-state index in [4.69, 9.17) is 5.11 Å². The van der Waals surface area contributed by atoms with Gasteiger partial charge in [-0.2, -0.15) is 4.99 Å². The minimum atomic E-state index is -0.950. The van der Waals surface area contributed by atoms with Crippen LogP contribution in [0.2, 0.25) is 0 Å². The van der Waals surface area contributed by atoms with Crippen LogP contribution in [0.15, 0.2) is 41.4 Å². The lowest BCUT2D eigenvalue weighted by Crippen LogP contribution is -1.96.